The molecule has 2 aliphatic heterocycles. The van der Waals surface area contributed by atoms with Gasteiger partial charge in [-0.1, -0.05) is 12.2 Å². The first kappa shape index (κ1) is 13.0. The number of rotatable bonds is 3. The zero-order chi connectivity index (χ0) is 15.4. The highest BCUT2D eigenvalue weighted by Gasteiger charge is 2.25. The molecule has 2 unspecified atom stereocenters. The Hall–Kier alpha value is -1.72. The Bertz CT molecular complexity index is 539. The first-order valence-electron chi connectivity index (χ1n) is 8.13. The lowest BCUT2D eigenvalue weighted by Gasteiger charge is -2.31. The summed E-state index contributed by atoms with van der Waals surface area (Å²) in [6, 6.07) is 4.09. The molecular weight excluding hydrogens is 262 g/mol. The molecule has 112 valence electrons. The molecule has 1 aromatic heterocycles. The predicted molar refractivity (Wildman–Crippen MR) is 84.7 cm³/mol. The van der Waals surface area contributed by atoms with Crippen molar-refractivity contribution in [1.29, 1.82) is 0 Å². The highest BCUT2D eigenvalue weighted by atomic mass is 15.4. The van der Waals surface area contributed by atoms with E-state index in [1.807, 2.05) is 36.7 Å². The van der Waals surface area contributed by atoms with E-state index >= 15 is 0 Å². The zero-order valence-electron chi connectivity index (χ0n) is 13.2. The number of nitrogens with zero attached hydrogens (tertiary/aromatic N) is 3. The smallest absolute Gasteiger partial charge is 0.118 e. The zero-order valence-corrected chi connectivity index (χ0v) is 12.2. The van der Waals surface area contributed by atoms with E-state index in [0.29, 0.717) is 18.3 Å². The molecule has 5 nitrogen and oxygen atoms in total. The predicted octanol–water partition coefficient (Wildman–Crippen LogP) is 1.66. The molecule has 2 aliphatic rings. The minimum Gasteiger partial charge on any atom is -0.317 e. The third-order valence-electron chi connectivity index (χ3n) is 4.13. The maximum Gasteiger partial charge on any atom is 0.118 e. The number of aliphatic imine (C=N–C) groups is 1. The molecule has 0 aromatic carbocycles. The first-order chi connectivity index (χ1) is 10.8. The van der Waals surface area contributed by atoms with Gasteiger partial charge < -0.3 is 5.32 Å². The Kier molecular flexibility index (Phi) is 4.22. The summed E-state index contributed by atoms with van der Waals surface area (Å²) in [5.74, 6) is 7.16. The van der Waals surface area contributed by atoms with Gasteiger partial charge in [0, 0.05) is 20.2 Å². The summed E-state index contributed by atoms with van der Waals surface area (Å²) in [5.41, 5.74) is 1.16. The SMILES string of the molecule is [2H]C1C=CCN(N)C1=NC(c1ccncc1)C1CCNCC1. The van der Waals surface area contributed by atoms with Gasteiger partial charge in [-0.15, -0.1) is 0 Å². The van der Waals surface area contributed by atoms with Gasteiger partial charge >= 0.3 is 0 Å². The largest absolute Gasteiger partial charge is 0.317 e. The topological polar surface area (TPSA) is 66.5 Å². The van der Waals surface area contributed by atoms with Crippen LogP contribution in [0.2, 0.25) is 0 Å². The van der Waals surface area contributed by atoms with E-state index in [-0.39, 0.29) is 6.04 Å². The molecule has 0 bridgehead atoms. The van der Waals surface area contributed by atoms with Gasteiger partial charge in [-0.3, -0.25) is 15.0 Å². The number of nitrogens with two attached hydrogens (primary N) is 1. The molecule has 0 amide bonds. The lowest BCUT2D eigenvalue weighted by Crippen LogP contribution is -2.40. The molecule has 3 rings (SSSR count). The molecule has 0 aliphatic carbocycles. The molecule has 1 aromatic rings. The van der Waals surface area contributed by atoms with Crippen molar-refractivity contribution in [2.45, 2.75) is 25.3 Å². The molecular formula is C16H23N5. The summed E-state index contributed by atoms with van der Waals surface area (Å²) >= 11 is 0. The third-order valence-corrected chi connectivity index (χ3v) is 4.13. The Morgan fingerprint density at radius 2 is 2.10 bits per heavy atom. The minimum absolute atomic E-state index is 0.0468. The molecule has 21 heavy (non-hydrogen) atoms. The second-order valence-corrected chi connectivity index (χ2v) is 5.55. The van der Waals surface area contributed by atoms with E-state index in [4.69, 9.17) is 12.2 Å². The minimum atomic E-state index is -0.482. The Morgan fingerprint density at radius 1 is 1.33 bits per heavy atom. The number of hydrogen-bond acceptors (Lipinski definition) is 4. The number of pyridine rings is 1. The van der Waals surface area contributed by atoms with Crippen molar-refractivity contribution in [3.05, 3.63) is 42.2 Å². The van der Waals surface area contributed by atoms with Crippen LogP contribution in [0.1, 0.15) is 32.2 Å². The van der Waals surface area contributed by atoms with E-state index in [2.05, 4.69) is 10.3 Å². The summed E-state index contributed by atoms with van der Waals surface area (Å²) in [4.78, 5) is 9.02. The van der Waals surface area contributed by atoms with Crippen LogP contribution in [0, 0.1) is 5.92 Å². The third kappa shape index (κ3) is 3.49. The summed E-state index contributed by atoms with van der Waals surface area (Å²) in [5, 5.41) is 4.99. The summed E-state index contributed by atoms with van der Waals surface area (Å²) in [6.07, 6.45) is 9.09. The molecule has 5 heteroatoms. The molecule has 0 saturated carbocycles. The Labute approximate surface area is 127 Å². The standard InChI is InChI=1S/C16H23N5/c17-21-12-2-1-3-15(21)20-16(13-4-8-18-9-5-13)14-6-10-19-11-7-14/h1-2,4-5,8-9,14,16,19H,3,6-7,10-12,17H2/i3D. The number of amidine groups is 1. The lowest BCUT2D eigenvalue weighted by atomic mass is 9.86. The number of nitrogens with one attached hydrogen (secondary N) is 1. The van der Waals surface area contributed by atoms with E-state index in [0.717, 1.165) is 31.5 Å². The highest BCUT2D eigenvalue weighted by molar-refractivity contribution is 5.84. The van der Waals surface area contributed by atoms with Crippen LogP contribution in [-0.2, 0) is 0 Å². The summed E-state index contributed by atoms with van der Waals surface area (Å²) in [6.45, 7) is 2.66. The van der Waals surface area contributed by atoms with Crippen LogP contribution >= 0.6 is 0 Å². The molecule has 0 spiro atoms. The van der Waals surface area contributed by atoms with Crippen LogP contribution in [0.3, 0.4) is 0 Å². The van der Waals surface area contributed by atoms with Crippen LogP contribution in [0.4, 0.5) is 0 Å². The van der Waals surface area contributed by atoms with E-state index in [1.165, 1.54) is 0 Å². The monoisotopic (exact) mass is 286 g/mol. The van der Waals surface area contributed by atoms with Gasteiger partial charge in [0.05, 0.1) is 12.6 Å². The number of piperidine rings is 1. The first-order valence-corrected chi connectivity index (χ1v) is 7.55. The Balaban J connectivity index is 1.92. The number of hydrogen-bond donors (Lipinski definition) is 2. The molecule has 1 saturated heterocycles. The summed E-state index contributed by atoms with van der Waals surface area (Å²) < 4.78 is 8.17. The fourth-order valence-electron chi connectivity index (χ4n) is 2.95. The van der Waals surface area contributed by atoms with Gasteiger partial charge in [0.2, 0.25) is 0 Å². The van der Waals surface area contributed by atoms with Crippen molar-refractivity contribution < 1.29 is 1.37 Å². The molecule has 2 atom stereocenters. The van der Waals surface area contributed by atoms with Crippen molar-refractivity contribution in [3.8, 4) is 0 Å². The second kappa shape index (κ2) is 6.83. The maximum atomic E-state index is 8.17. The second-order valence-electron chi connectivity index (χ2n) is 5.55. The van der Waals surface area contributed by atoms with E-state index < -0.39 is 6.40 Å². The van der Waals surface area contributed by atoms with Crippen molar-refractivity contribution in [1.82, 2.24) is 15.3 Å². The van der Waals surface area contributed by atoms with Crippen LogP contribution in [0.25, 0.3) is 0 Å². The fraction of sp³-hybridized carbons (Fsp3) is 0.500. The van der Waals surface area contributed by atoms with Crippen LogP contribution in [0.5, 0.6) is 0 Å². The van der Waals surface area contributed by atoms with Gasteiger partial charge in [-0.2, -0.15) is 0 Å². The lowest BCUT2D eigenvalue weighted by molar-refractivity contribution is 0.319. The number of hydrazine groups is 1. The van der Waals surface area contributed by atoms with Gasteiger partial charge in [0.25, 0.3) is 0 Å². The van der Waals surface area contributed by atoms with Crippen molar-refractivity contribution >= 4 is 5.84 Å². The molecule has 1 fully saturated rings. The van der Waals surface area contributed by atoms with E-state index in [1.54, 1.807) is 5.01 Å². The maximum absolute atomic E-state index is 8.17. The van der Waals surface area contributed by atoms with Crippen molar-refractivity contribution in [2.24, 2.45) is 16.8 Å². The van der Waals surface area contributed by atoms with E-state index in [9.17, 15) is 0 Å². The van der Waals surface area contributed by atoms with Crippen LogP contribution in [-0.4, -0.2) is 35.5 Å². The van der Waals surface area contributed by atoms with Gasteiger partial charge in [-0.25, -0.2) is 5.84 Å². The normalized spacial score (nSPS) is 27.7. The average molecular weight is 286 g/mol. The van der Waals surface area contributed by atoms with Crippen LogP contribution < -0.4 is 11.2 Å². The van der Waals surface area contributed by atoms with Gasteiger partial charge in [0.1, 0.15) is 5.84 Å². The molecule has 3 N–H and O–H groups in total. The molecule has 0 radical (unpaired) electrons. The fourth-order valence-corrected chi connectivity index (χ4v) is 2.95. The molecule has 3 heterocycles. The van der Waals surface area contributed by atoms with Crippen LogP contribution in [0.15, 0.2) is 41.7 Å². The quantitative estimate of drug-likeness (QED) is 0.655. The summed E-state index contributed by atoms with van der Waals surface area (Å²) in [7, 11) is 0. The number of aromatic nitrogens is 1. The highest BCUT2D eigenvalue weighted by Crippen LogP contribution is 2.32. The van der Waals surface area contributed by atoms with Crippen molar-refractivity contribution in [2.75, 3.05) is 19.6 Å². The Morgan fingerprint density at radius 3 is 2.81 bits per heavy atom. The van der Waals surface area contributed by atoms with Crippen molar-refractivity contribution in [3.63, 3.8) is 0 Å². The average Bonchev–Trinajstić information content (AvgIpc) is 2.56. The van der Waals surface area contributed by atoms with Gasteiger partial charge in [-0.05, 0) is 49.5 Å². The van der Waals surface area contributed by atoms with Gasteiger partial charge in [0.15, 0.2) is 0 Å².